The first-order valence-corrected chi connectivity index (χ1v) is 11.1. The Labute approximate surface area is 211 Å². The minimum atomic E-state index is -0.941. The van der Waals surface area contributed by atoms with E-state index >= 15 is 0 Å². The van der Waals surface area contributed by atoms with Gasteiger partial charge in [0.1, 0.15) is 11.4 Å². The molecule has 0 atom stereocenters. The van der Waals surface area contributed by atoms with E-state index in [2.05, 4.69) is 10.6 Å². The zero-order valence-electron chi connectivity index (χ0n) is 19.9. The summed E-state index contributed by atoms with van der Waals surface area (Å²) in [6, 6.07) is 15.7. The van der Waals surface area contributed by atoms with Crippen LogP contribution < -0.4 is 25.0 Å². The van der Waals surface area contributed by atoms with Crippen LogP contribution in [0.3, 0.4) is 0 Å². The van der Waals surface area contributed by atoms with Crippen molar-refractivity contribution in [3.05, 3.63) is 89.2 Å². The van der Waals surface area contributed by atoms with Crippen molar-refractivity contribution in [1.82, 2.24) is 5.32 Å². The van der Waals surface area contributed by atoms with Gasteiger partial charge in [-0.15, -0.1) is 0 Å². The van der Waals surface area contributed by atoms with Crippen molar-refractivity contribution < 1.29 is 33.0 Å². The maximum atomic E-state index is 13.3. The fraction of sp³-hybridized carbons (Fsp3) is 0.111. The Kier molecular flexibility index (Phi) is 7.28. The molecule has 1 aliphatic rings. The summed E-state index contributed by atoms with van der Waals surface area (Å²) in [7, 11) is 1.40. The molecule has 0 saturated carbocycles. The maximum Gasteiger partial charge on any atom is 0.335 e. The van der Waals surface area contributed by atoms with Gasteiger partial charge in [0.15, 0.2) is 18.1 Å². The first-order chi connectivity index (χ1) is 17.8. The summed E-state index contributed by atoms with van der Waals surface area (Å²) in [6.45, 7) is 1.60. The van der Waals surface area contributed by atoms with E-state index in [1.165, 1.54) is 37.5 Å². The monoisotopic (exact) mass is 503 g/mol. The van der Waals surface area contributed by atoms with Crippen LogP contribution >= 0.6 is 0 Å². The molecule has 2 N–H and O–H groups in total. The Bertz CT molecular complexity index is 1420. The van der Waals surface area contributed by atoms with Gasteiger partial charge in [-0.3, -0.25) is 19.7 Å². The molecule has 9 nitrogen and oxygen atoms in total. The molecule has 37 heavy (non-hydrogen) atoms. The molecule has 3 aromatic rings. The number of rotatable bonds is 7. The third kappa shape index (κ3) is 5.64. The largest absolute Gasteiger partial charge is 0.493 e. The number of aryl methyl sites for hydroxylation is 1. The van der Waals surface area contributed by atoms with Crippen LogP contribution in [0.1, 0.15) is 11.1 Å². The Morgan fingerprint density at radius 3 is 2.46 bits per heavy atom. The quantitative estimate of drug-likeness (QED) is 0.374. The van der Waals surface area contributed by atoms with Crippen molar-refractivity contribution in [2.75, 3.05) is 23.9 Å². The lowest BCUT2D eigenvalue weighted by molar-refractivity contribution is -0.122. The number of para-hydroxylation sites is 1. The number of amides is 5. The number of anilines is 2. The second kappa shape index (κ2) is 10.7. The van der Waals surface area contributed by atoms with E-state index in [9.17, 15) is 23.6 Å². The van der Waals surface area contributed by atoms with Crippen molar-refractivity contribution in [2.45, 2.75) is 6.92 Å². The predicted molar refractivity (Wildman–Crippen MR) is 134 cm³/mol. The Hall–Kier alpha value is -4.99. The summed E-state index contributed by atoms with van der Waals surface area (Å²) in [4.78, 5) is 50.7. The van der Waals surface area contributed by atoms with Crippen molar-refractivity contribution in [3.8, 4) is 11.5 Å². The van der Waals surface area contributed by atoms with Crippen LogP contribution in [-0.2, 0) is 14.4 Å². The number of nitrogens with zero attached hydrogens (tertiary/aromatic N) is 1. The molecule has 0 aromatic heterocycles. The molecule has 1 saturated heterocycles. The minimum Gasteiger partial charge on any atom is -0.493 e. The highest BCUT2D eigenvalue weighted by Crippen LogP contribution is 2.30. The number of nitrogens with one attached hydrogen (secondary N) is 2. The second-order valence-corrected chi connectivity index (χ2v) is 8.00. The normalized spacial score (nSPS) is 14.4. The number of hydrogen-bond acceptors (Lipinski definition) is 6. The van der Waals surface area contributed by atoms with Gasteiger partial charge < -0.3 is 14.8 Å². The van der Waals surface area contributed by atoms with E-state index in [-0.39, 0.29) is 35.3 Å². The van der Waals surface area contributed by atoms with Crippen LogP contribution in [0.15, 0.2) is 72.3 Å². The van der Waals surface area contributed by atoms with Gasteiger partial charge in [-0.25, -0.2) is 14.1 Å². The van der Waals surface area contributed by atoms with Crippen LogP contribution in [-0.4, -0.2) is 37.5 Å². The summed E-state index contributed by atoms with van der Waals surface area (Å²) in [5.74, 6) is -2.12. The Balaban J connectivity index is 1.51. The molecule has 0 radical (unpaired) electrons. The van der Waals surface area contributed by atoms with E-state index in [4.69, 9.17) is 9.47 Å². The molecule has 0 spiro atoms. The topological polar surface area (TPSA) is 114 Å². The third-order valence-electron chi connectivity index (χ3n) is 5.46. The SMILES string of the molecule is COc1cc(/C=C2\C(=O)NC(=O)N(c3ccc(F)cc3)C2=O)ccc1OCC(=O)Nc1ccccc1C. The van der Waals surface area contributed by atoms with Gasteiger partial charge in [0.25, 0.3) is 17.7 Å². The van der Waals surface area contributed by atoms with Gasteiger partial charge in [0, 0.05) is 5.69 Å². The average Bonchev–Trinajstić information content (AvgIpc) is 2.88. The molecule has 1 fully saturated rings. The fourth-order valence-electron chi connectivity index (χ4n) is 3.58. The van der Waals surface area contributed by atoms with E-state index in [0.717, 1.165) is 22.6 Å². The number of urea groups is 1. The van der Waals surface area contributed by atoms with Crippen molar-refractivity contribution in [1.29, 1.82) is 0 Å². The summed E-state index contributed by atoms with van der Waals surface area (Å²) in [6.07, 6.45) is 1.29. The number of hydrogen-bond donors (Lipinski definition) is 2. The zero-order valence-corrected chi connectivity index (χ0v) is 19.9. The van der Waals surface area contributed by atoms with Gasteiger partial charge in [-0.05, 0) is 66.6 Å². The lowest BCUT2D eigenvalue weighted by atomic mass is 10.1. The highest BCUT2D eigenvalue weighted by atomic mass is 19.1. The molecule has 1 heterocycles. The summed E-state index contributed by atoms with van der Waals surface area (Å²) < 4.78 is 24.2. The standard InChI is InChI=1S/C27H22FN3O6/c1-16-5-3-4-6-21(16)29-24(32)15-37-22-12-7-17(14-23(22)36-2)13-20-25(33)30-27(35)31(26(20)34)19-10-8-18(28)9-11-19/h3-14H,15H2,1-2H3,(H,29,32)(H,30,33,35)/b20-13+. The highest BCUT2D eigenvalue weighted by Gasteiger charge is 2.36. The van der Waals surface area contributed by atoms with Gasteiger partial charge in [0.2, 0.25) is 0 Å². The molecule has 3 aromatic carbocycles. The van der Waals surface area contributed by atoms with Crippen LogP contribution in [0.2, 0.25) is 0 Å². The van der Waals surface area contributed by atoms with Gasteiger partial charge in [-0.1, -0.05) is 24.3 Å². The van der Waals surface area contributed by atoms with Crippen molar-refractivity contribution in [2.24, 2.45) is 0 Å². The summed E-state index contributed by atoms with van der Waals surface area (Å²) in [5, 5.41) is 4.87. The Morgan fingerprint density at radius 1 is 1.03 bits per heavy atom. The number of imide groups is 2. The first kappa shape index (κ1) is 25.1. The predicted octanol–water partition coefficient (Wildman–Crippen LogP) is 3.83. The van der Waals surface area contributed by atoms with Crippen LogP contribution in [0, 0.1) is 12.7 Å². The molecular weight excluding hydrogens is 481 g/mol. The average molecular weight is 503 g/mol. The number of barbiturate groups is 1. The zero-order chi connectivity index (χ0) is 26.5. The smallest absolute Gasteiger partial charge is 0.335 e. The van der Waals surface area contributed by atoms with E-state index in [1.807, 2.05) is 25.1 Å². The van der Waals surface area contributed by atoms with E-state index in [0.29, 0.717) is 11.3 Å². The number of carbonyl (C=O) groups excluding carboxylic acids is 4. The number of methoxy groups -OCH3 is 1. The summed E-state index contributed by atoms with van der Waals surface area (Å²) >= 11 is 0. The number of halogens is 1. The van der Waals surface area contributed by atoms with Crippen molar-refractivity contribution in [3.63, 3.8) is 0 Å². The highest BCUT2D eigenvalue weighted by molar-refractivity contribution is 6.39. The number of ether oxygens (including phenoxy) is 2. The van der Waals surface area contributed by atoms with Crippen LogP contribution in [0.25, 0.3) is 6.08 Å². The molecule has 0 aliphatic carbocycles. The molecular formula is C27H22FN3O6. The van der Waals surface area contributed by atoms with Gasteiger partial charge >= 0.3 is 6.03 Å². The first-order valence-electron chi connectivity index (χ1n) is 11.1. The summed E-state index contributed by atoms with van der Waals surface area (Å²) in [5.41, 5.74) is 1.78. The lowest BCUT2D eigenvalue weighted by Gasteiger charge is -2.26. The Morgan fingerprint density at radius 2 is 1.76 bits per heavy atom. The molecule has 0 unspecified atom stereocenters. The molecule has 10 heteroatoms. The second-order valence-electron chi connectivity index (χ2n) is 8.00. The van der Waals surface area contributed by atoms with E-state index in [1.54, 1.807) is 12.1 Å². The van der Waals surface area contributed by atoms with Crippen LogP contribution in [0.5, 0.6) is 11.5 Å². The van der Waals surface area contributed by atoms with Gasteiger partial charge in [-0.2, -0.15) is 0 Å². The lowest BCUT2D eigenvalue weighted by Crippen LogP contribution is -2.54. The minimum absolute atomic E-state index is 0.104. The number of carbonyl (C=O) groups is 4. The van der Waals surface area contributed by atoms with Crippen LogP contribution in [0.4, 0.5) is 20.6 Å². The van der Waals surface area contributed by atoms with Crippen molar-refractivity contribution >= 4 is 41.2 Å². The molecule has 188 valence electrons. The van der Waals surface area contributed by atoms with Gasteiger partial charge in [0.05, 0.1) is 12.8 Å². The molecule has 1 aliphatic heterocycles. The fourth-order valence-corrected chi connectivity index (χ4v) is 3.58. The molecule has 0 bridgehead atoms. The maximum absolute atomic E-state index is 13.3. The third-order valence-corrected chi connectivity index (χ3v) is 5.46. The van der Waals surface area contributed by atoms with E-state index < -0.39 is 23.7 Å². The molecule has 5 amide bonds. The number of benzene rings is 3. The molecule has 4 rings (SSSR count).